The van der Waals surface area contributed by atoms with Gasteiger partial charge in [-0.15, -0.1) is 0 Å². The highest BCUT2D eigenvalue weighted by atomic mass is 15.0. The second-order valence-electron chi connectivity index (χ2n) is 15.1. The van der Waals surface area contributed by atoms with Crippen molar-refractivity contribution in [1.82, 2.24) is 34.9 Å². The van der Waals surface area contributed by atoms with E-state index < -0.39 is 0 Å². The monoisotopic (exact) mass is 797 g/mol. The Kier molecular flexibility index (Phi) is 10.3. The second-order valence-corrected chi connectivity index (χ2v) is 15.1. The van der Waals surface area contributed by atoms with Gasteiger partial charge in [0.15, 0.2) is 34.9 Å². The van der Waals surface area contributed by atoms with Crippen LogP contribution < -0.4 is 0 Å². The van der Waals surface area contributed by atoms with Crippen molar-refractivity contribution in [1.29, 1.82) is 0 Å². The predicted octanol–water partition coefficient (Wildman–Crippen LogP) is 13.1. The van der Waals surface area contributed by atoms with Gasteiger partial charge in [0.2, 0.25) is 0 Å². The van der Waals surface area contributed by atoms with Crippen LogP contribution in [0.15, 0.2) is 200 Å². The Morgan fingerprint density at radius 2 is 0.565 bits per heavy atom. The molecule has 0 N–H and O–H groups in total. The molecule has 7 heteroatoms. The van der Waals surface area contributed by atoms with Crippen molar-refractivity contribution in [3.8, 4) is 102 Å². The summed E-state index contributed by atoms with van der Waals surface area (Å²) in [7, 11) is 0. The Morgan fingerprint density at radius 1 is 0.226 bits per heavy atom. The SMILES string of the molecule is Cc1ccc(-c2cc(-c3cccc(-c4nc(-c5ccccc5)nc(-c5ccccc5)n4)c3)ccc2-c2cccc(-c3nc(-c4ccccc4)nc(-c4ccccc4)n3)c2)c(C)n1. The number of aryl methyl sites for hydroxylation is 2. The van der Waals surface area contributed by atoms with Crippen LogP contribution in [0.25, 0.3) is 102 Å². The molecular formula is C55H39N7. The van der Waals surface area contributed by atoms with E-state index >= 15 is 0 Å². The number of hydrogen-bond donors (Lipinski definition) is 0. The molecule has 10 aromatic rings. The van der Waals surface area contributed by atoms with E-state index in [1.807, 2.05) is 128 Å². The number of nitrogens with zero attached hydrogens (tertiary/aromatic N) is 7. The van der Waals surface area contributed by atoms with Crippen molar-refractivity contribution < 1.29 is 0 Å². The summed E-state index contributed by atoms with van der Waals surface area (Å²) in [6.07, 6.45) is 0. The quantitative estimate of drug-likeness (QED) is 0.144. The molecule has 0 aliphatic heterocycles. The first kappa shape index (κ1) is 37.9. The molecule has 62 heavy (non-hydrogen) atoms. The van der Waals surface area contributed by atoms with Gasteiger partial charge in [-0.25, -0.2) is 29.9 Å². The van der Waals surface area contributed by atoms with Crippen molar-refractivity contribution in [2.75, 3.05) is 0 Å². The Hall–Kier alpha value is -8.29. The fraction of sp³-hybridized carbons (Fsp3) is 0.0364. The molecule has 0 bridgehead atoms. The fourth-order valence-electron chi connectivity index (χ4n) is 7.71. The molecule has 0 amide bonds. The Balaban J connectivity index is 1.08. The lowest BCUT2D eigenvalue weighted by Gasteiger charge is -2.16. The highest BCUT2D eigenvalue weighted by Crippen LogP contribution is 2.39. The first-order chi connectivity index (χ1) is 30.5. The maximum Gasteiger partial charge on any atom is 0.164 e. The van der Waals surface area contributed by atoms with Gasteiger partial charge in [-0.3, -0.25) is 4.98 Å². The van der Waals surface area contributed by atoms with Crippen molar-refractivity contribution >= 4 is 0 Å². The lowest BCUT2D eigenvalue weighted by molar-refractivity contribution is 1.07. The van der Waals surface area contributed by atoms with Gasteiger partial charge in [-0.05, 0) is 65.9 Å². The van der Waals surface area contributed by atoms with Crippen molar-refractivity contribution in [3.63, 3.8) is 0 Å². The minimum Gasteiger partial charge on any atom is -0.258 e. The van der Waals surface area contributed by atoms with Crippen molar-refractivity contribution in [3.05, 3.63) is 212 Å². The Morgan fingerprint density at radius 3 is 1.00 bits per heavy atom. The van der Waals surface area contributed by atoms with Gasteiger partial charge < -0.3 is 0 Å². The molecule has 0 aliphatic carbocycles. The van der Waals surface area contributed by atoms with Crippen LogP contribution in [0.1, 0.15) is 11.4 Å². The third kappa shape index (κ3) is 7.90. The normalized spacial score (nSPS) is 11.1. The largest absolute Gasteiger partial charge is 0.258 e. The maximum atomic E-state index is 5.02. The topological polar surface area (TPSA) is 90.2 Å². The summed E-state index contributed by atoms with van der Waals surface area (Å²) in [4.78, 5) is 34.8. The summed E-state index contributed by atoms with van der Waals surface area (Å²) in [5.41, 5.74) is 13.8. The lowest BCUT2D eigenvalue weighted by Crippen LogP contribution is -2.00. The average molecular weight is 798 g/mol. The standard InChI is InChI=1S/C55H39N7/c1-36-29-31-47(37(2)56-36)49-35-43(42-25-15-27-45(33-42)54-59-50(38-17-7-3-8-18-38)57-51(60-54)39-19-9-4-10-20-39)30-32-48(49)44-26-16-28-46(34-44)55-61-52(40-21-11-5-12-22-40)58-53(62-55)41-23-13-6-14-24-41/h3-35H,1-2H3. The highest BCUT2D eigenvalue weighted by molar-refractivity contribution is 5.89. The van der Waals surface area contributed by atoms with Gasteiger partial charge in [0.05, 0.1) is 0 Å². The molecule has 0 aliphatic rings. The predicted molar refractivity (Wildman–Crippen MR) is 249 cm³/mol. The molecular weight excluding hydrogens is 759 g/mol. The van der Waals surface area contributed by atoms with Crippen LogP contribution >= 0.6 is 0 Å². The first-order valence-corrected chi connectivity index (χ1v) is 20.6. The van der Waals surface area contributed by atoms with E-state index in [2.05, 4.69) is 85.8 Å². The molecule has 10 rings (SSSR count). The van der Waals surface area contributed by atoms with Gasteiger partial charge in [0, 0.05) is 50.3 Å². The molecule has 7 nitrogen and oxygen atoms in total. The van der Waals surface area contributed by atoms with Crippen LogP contribution in [0.2, 0.25) is 0 Å². The molecule has 3 aromatic heterocycles. The molecule has 0 atom stereocenters. The smallest absolute Gasteiger partial charge is 0.164 e. The minimum atomic E-state index is 0.604. The van der Waals surface area contributed by atoms with E-state index in [9.17, 15) is 0 Å². The van der Waals surface area contributed by atoms with Crippen molar-refractivity contribution in [2.45, 2.75) is 13.8 Å². The molecule has 0 radical (unpaired) electrons. The summed E-state index contributed by atoms with van der Waals surface area (Å²) in [6.45, 7) is 4.10. The molecule has 7 aromatic carbocycles. The summed E-state index contributed by atoms with van der Waals surface area (Å²) in [6, 6.07) is 68.0. The number of hydrogen-bond acceptors (Lipinski definition) is 7. The Labute approximate surface area is 360 Å². The summed E-state index contributed by atoms with van der Waals surface area (Å²) in [5.74, 6) is 3.71. The first-order valence-electron chi connectivity index (χ1n) is 20.6. The van der Waals surface area contributed by atoms with E-state index in [-0.39, 0.29) is 0 Å². The summed E-state index contributed by atoms with van der Waals surface area (Å²) >= 11 is 0. The van der Waals surface area contributed by atoms with E-state index in [1.165, 1.54) is 0 Å². The maximum absolute atomic E-state index is 5.02. The highest BCUT2D eigenvalue weighted by Gasteiger charge is 2.18. The zero-order chi connectivity index (χ0) is 41.8. The summed E-state index contributed by atoms with van der Waals surface area (Å²) < 4.78 is 0. The van der Waals surface area contributed by atoms with Crippen LogP contribution in [-0.2, 0) is 0 Å². The van der Waals surface area contributed by atoms with Crippen LogP contribution in [-0.4, -0.2) is 34.9 Å². The zero-order valence-electron chi connectivity index (χ0n) is 34.2. The van der Waals surface area contributed by atoms with E-state index in [1.54, 1.807) is 0 Å². The molecule has 3 heterocycles. The number of aromatic nitrogens is 7. The van der Waals surface area contributed by atoms with Gasteiger partial charge in [-0.2, -0.15) is 0 Å². The molecule has 0 fully saturated rings. The van der Waals surface area contributed by atoms with Gasteiger partial charge >= 0.3 is 0 Å². The molecule has 0 saturated carbocycles. The third-order valence-electron chi connectivity index (χ3n) is 10.8. The second kappa shape index (κ2) is 16.8. The van der Waals surface area contributed by atoms with Crippen LogP contribution in [0.3, 0.4) is 0 Å². The van der Waals surface area contributed by atoms with Crippen molar-refractivity contribution in [2.24, 2.45) is 0 Å². The van der Waals surface area contributed by atoms with Gasteiger partial charge in [0.25, 0.3) is 0 Å². The molecule has 294 valence electrons. The lowest BCUT2D eigenvalue weighted by atomic mass is 9.89. The molecule has 0 unspecified atom stereocenters. The number of benzene rings is 7. The number of pyridine rings is 1. The fourth-order valence-corrected chi connectivity index (χ4v) is 7.71. The van der Waals surface area contributed by atoms with E-state index in [4.69, 9.17) is 34.9 Å². The summed E-state index contributed by atoms with van der Waals surface area (Å²) in [5, 5.41) is 0. The number of rotatable bonds is 9. The van der Waals surface area contributed by atoms with Crippen LogP contribution in [0.4, 0.5) is 0 Å². The van der Waals surface area contributed by atoms with Gasteiger partial charge in [0.1, 0.15) is 0 Å². The third-order valence-corrected chi connectivity index (χ3v) is 10.8. The molecule has 0 spiro atoms. The molecule has 0 saturated heterocycles. The Bertz CT molecular complexity index is 3080. The van der Waals surface area contributed by atoms with Crippen LogP contribution in [0.5, 0.6) is 0 Å². The minimum absolute atomic E-state index is 0.604. The van der Waals surface area contributed by atoms with E-state index in [0.717, 1.165) is 78.1 Å². The van der Waals surface area contributed by atoms with Crippen LogP contribution in [0, 0.1) is 13.8 Å². The van der Waals surface area contributed by atoms with Gasteiger partial charge in [-0.1, -0.05) is 176 Å². The van der Waals surface area contributed by atoms with E-state index in [0.29, 0.717) is 34.9 Å². The zero-order valence-corrected chi connectivity index (χ0v) is 34.2. The average Bonchev–Trinajstić information content (AvgIpc) is 3.35.